The second-order valence-corrected chi connectivity index (χ2v) is 10.8. The highest BCUT2D eigenvalue weighted by Gasteiger charge is 2.35. The molecule has 0 aliphatic carbocycles. The molecule has 1 atom stereocenters. The van der Waals surface area contributed by atoms with Crippen LogP contribution in [0.4, 0.5) is 0 Å². The summed E-state index contributed by atoms with van der Waals surface area (Å²) in [5.74, 6) is -0.113. The molecule has 40 heavy (non-hydrogen) atoms. The summed E-state index contributed by atoms with van der Waals surface area (Å²) in [6.45, 7) is 3.54. The van der Waals surface area contributed by atoms with Crippen LogP contribution in [-0.2, 0) is 14.3 Å². The average Bonchev–Trinajstić information content (AvgIpc) is 3.51. The van der Waals surface area contributed by atoms with Gasteiger partial charge in [0.2, 0.25) is 6.79 Å². The topological polar surface area (TPSA) is 126 Å². The van der Waals surface area contributed by atoms with Crippen molar-refractivity contribution in [2.75, 3.05) is 20.0 Å². The number of benzene rings is 2. The van der Waals surface area contributed by atoms with Crippen LogP contribution >= 0.6 is 27.3 Å². The second kappa shape index (κ2) is 11.7. The third-order valence-corrected chi connectivity index (χ3v) is 7.81. The van der Waals surface area contributed by atoms with Crippen LogP contribution in [0.15, 0.2) is 61.9 Å². The van der Waals surface area contributed by atoms with Crippen LogP contribution in [0, 0.1) is 0 Å². The Kier molecular flexibility index (Phi) is 8.08. The summed E-state index contributed by atoms with van der Waals surface area (Å²) >= 11 is 4.62. The van der Waals surface area contributed by atoms with Crippen molar-refractivity contribution in [2.24, 2.45) is 4.99 Å². The molecule has 1 N–H and O–H groups in total. The highest BCUT2D eigenvalue weighted by atomic mass is 79.9. The zero-order chi connectivity index (χ0) is 28.4. The summed E-state index contributed by atoms with van der Waals surface area (Å²) < 4.78 is 24.2. The molecule has 3 aromatic rings. The van der Waals surface area contributed by atoms with Crippen molar-refractivity contribution in [1.29, 1.82) is 0 Å². The summed E-state index contributed by atoms with van der Waals surface area (Å²) in [6, 6.07) is 9.68. The van der Waals surface area contributed by atoms with Crippen molar-refractivity contribution in [3.8, 4) is 17.2 Å². The summed E-state index contributed by atoms with van der Waals surface area (Å²) in [6.07, 6.45) is 3.00. The highest BCUT2D eigenvalue weighted by Crippen LogP contribution is 2.39. The first-order valence-corrected chi connectivity index (χ1v) is 14.2. The lowest BCUT2D eigenvalue weighted by Crippen LogP contribution is -2.40. The van der Waals surface area contributed by atoms with E-state index >= 15 is 0 Å². The number of thiazole rings is 1. The number of carbonyl (C=O) groups is 2. The van der Waals surface area contributed by atoms with Crippen molar-refractivity contribution in [3.63, 3.8) is 0 Å². The number of ether oxygens (including phenoxy) is 4. The molecule has 10 nitrogen and oxygen atoms in total. The van der Waals surface area contributed by atoms with Crippen molar-refractivity contribution in [2.45, 2.75) is 32.7 Å². The van der Waals surface area contributed by atoms with Crippen molar-refractivity contribution in [1.82, 2.24) is 4.57 Å². The largest absolute Gasteiger partial charge is 0.481 e. The molecule has 0 amide bonds. The summed E-state index contributed by atoms with van der Waals surface area (Å²) in [4.78, 5) is 43.3. The molecule has 2 aliphatic heterocycles. The van der Waals surface area contributed by atoms with E-state index < -0.39 is 24.6 Å². The molecular formula is C28H25BrN2O8S. The van der Waals surface area contributed by atoms with Crippen LogP contribution in [-0.4, -0.2) is 41.6 Å². The third kappa shape index (κ3) is 5.41. The molecule has 0 unspecified atom stereocenters. The highest BCUT2D eigenvalue weighted by molar-refractivity contribution is 9.10. The molecule has 2 aromatic carbocycles. The van der Waals surface area contributed by atoms with Crippen LogP contribution in [0.25, 0.3) is 6.08 Å². The quantitative estimate of drug-likeness (QED) is 0.357. The predicted octanol–water partition coefficient (Wildman–Crippen LogP) is 3.53. The smallest absolute Gasteiger partial charge is 0.341 e. The first-order valence-electron chi connectivity index (χ1n) is 12.6. The standard InChI is InChI=1S/C28H25BrN2O8S/c1-3-5-18-24(27(35)36-4-2)25(16-7-9-20-21(12-16)39-14-38-20)31-26(34)22(40-28(31)30-18)11-15-6-8-19(17(29)10-15)37-13-23(32)33/h6-12,25H,3-5,13-14H2,1-2H3,(H,32,33)/b22-11+/t25-/m0/s1. The van der Waals surface area contributed by atoms with Gasteiger partial charge in [-0.2, -0.15) is 0 Å². The van der Waals surface area contributed by atoms with Gasteiger partial charge in [0.1, 0.15) is 5.75 Å². The van der Waals surface area contributed by atoms with Gasteiger partial charge in [0.05, 0.1) is 32.9 Å². The second-order valence-electron chi connectivity index (χ2n) is 8.90. The van der Waals surface area contributed by atoms with Gasteiger partial charge >= 0.3 is 11.9 Å². The zero-order valence-corrected chi connectivity index (χ0v) is 24.0. The van der Waals surface area contributed by atoms with E-state index in [9.17, 15) is 14.4 Å². The van der Waals surface area contributed by atoms with E-state index in [1.807, 2.05) is 13.0 Å². The van der Waals surface area contributed by atoms with Crippen LogP contribution in [0.5, 0.6) is 17.2 Å². The zero-order valence-electron chi connectivity index (χ0n) is 21.6. The van der Waals surface area contributed by atoms with Crippen molar-refractivity contribution in [3.05, 3.63) is 83.0 Å². The van der Waals surface area contributed by atoms with Crippen LogP contribution in [0.2, 0.25) is 0 Å². The molecule has 5 rings (SSSR count). The summed E-state index contributed by atoms with van der Waals surface area (Å²) in [7, 11) is 0. The molecule has 0 bridgehead atoms. The van der Waals surface area contributed by atoms with Gasteiger partial charge in [-0.1, -0.05) is 36.8 Å². The Balaban J connectivity index is 1.66. The molecule has 0 radical (unpaired) electrons. The molecule has 2 aliphatic rings. The van der Waals surface area contributed by atoms with Gasteiger partial charge in [-0.05, 0) is 70.7 Å². The average molecular weight is 629 g/mol. The van der Waals surface area contributed by atoms with E-state index in [0.29, 0.717) is 59.9 Å². The Hall–Kier alpha value is -3.90. The normalized spacial score (nSPS) is 16.0. The molecule has 12 heteroatoms. The molecule has 0 fully saturated rings. The van der Waals surface area contributed by atoms with Crippen LogP contribution in [0.1, 0.15) is 43.9 Å². The van der Waals surface area contributed by atoms with E-state index in [4.69, 9.17) is 29.0 Å². The van der Waals surface area contributed by atoms with Gasteiger partial charge in [-0.3, -0.25) is 9.36 Å². The summed E-state index contributed by atoms with van der Waals surface area (Å²) in [5.41, 5.74) is 1.96. The minimum atomic E-state index is -1.08. The molecule has 0 spiro atoms. The first kappa shape index (κ1) is 27.7. The summed E-state index contributed by atoms with van der Waals surface area (Å²) in [5, 5.41) is 8.87. The van der Waals surface area contributed by atoms with Gasteiger partial charge in [-0.25, -0.2) is 14.6 Å². The molecule has 0 saturated heterocycles. The minimum absolute atomic E-state index is 0.0961. The van der Waals surface area contributed by atoms with E-state index in [1.54, 1.807) is 43.3 Å². The lowest BCUT2D eigenvalue weighted by atomic mass is 9.94. The number of carboxylic acid groups (broad SMARTS) is 1. The number of esters is 1. The Morgan fingerprint density at radius 3 is 2.73 bits per heavy atom. The SMILES string of the molecule is CCCC1=C(C(=O)OCC)[C@H](c2ccc3c(c2)OCO3)n2c(s/c(=C/c3ccc(OCC(=O)O)c(Br)c3)c2=O)=N1. The van der Waals surface area contributed by atoms with Gasteiger partial charge in [0.15, 0.2) is 22.9 Å². The Morgan fingerprint density at radius 1 is 1.20 bits per heavy atom. The maximum Gasteiger partial charge on any atom is 0.341 e. The number of hydrogen-bond acceptors (Lipinski definition) is 9. The van der Waals surface area contributed by atoms with E-state index in [-0.39, 0.29) is 19.0 Å². The number of allylic oxidation sites excluding steroid dienone is 1. The Bertz CT molecular complexity index is 1710. The number of carboxylic acids is 1. The Morgan fingerprint density at radius 2 is 2.00 bits per heavy atom. The fourth-order valence-electron chi connectivity index (χ4n) is 4.53. The van der Waals surface area contributed by atoms with Crippen molar-refractivity contribution >= 4 is 45.3 Å². The van der Waals surface area contributed by atoms with Crippen molar-refractivity contribution < 1.29 is 33.6 Å². The van der Waals surface area contributed by atoms with E-state index in [2.05, 4.69) is 15.9 Å². The molecule has 1 aromatic heterocycles. The van der Waals surface area contributed by atoms with Crippen LogP contribution < -0.4 is 29.1 Å². The number of halogens is 1. The number of fused-ring (bicyclic) bond motifs is 2. The fourth-order valence-corrected chi connectivity index (χ4v) is 6.07. The number of carbonyl (C=O) groups excluding carboxylic acids is 1. The lowest BCUT2D eigenvalue weighted by Gasteiger charge is -2.25. The Labute approximate surface area is 240 Å². The molecule has 3 heterocycles. The number of rotatable bonds is 9. The number of nitrogens with zero attached hydrogens (tertiary/aromatic N) is 2. The minimum Gasteiger partial charge on any atom is -0.481 e. The maximum absolute atomic E-state index is 13.9. The molecule has 0 saturated carbocycles. The number of aromatic nitrogens is 1. The number of aliphatic carboxylic acids is 1. The molecule has 208 valence electrons. The first-order chi connectivity index (χ1) is 19.3. The van der Waals surface area contributed by atoms with Gasteiger partial charge in [0.25, 0.3) is 5.56 Å². The fraction of sp³-hybridized carbons (Fsp3) is 0.286. The number of hydrogen-bond donors (Lipinski definition) is 1. The lowest BCUT2D eigenvalue weighted by molar-refractivity contribution is -0.140. The van der Waals surface area contributed by atoms with Crippen LogP contribution in [0.3, 0.4) is 0 Å². The van der Waals surface area contributed by atoms with Gasteiger partial charge in [0, 0.05) is 0 Å². The molecular weight excluding hydrogens is 604 g/mol. The van der Waals surface area contributed by atoms with Gasteiger partial charge < -0.3 is 24.1 Å². The van der Waals surface area contributed by atoms with E-state index in [0.717, 1.165) is 6.42 Å². The van der Waals surface area contributed by atoms with E-state index in [1.165, 1.54) is 15.9 Å². The predicted molar refractivity (Wildman–Crippen MR) is 149 cm³/mol. The van der Waals surface area contributed by atoms with Gasteiger partial charge in [-0.15, -0.1) is 0 Å². The third-order valence-electron chi connectivity index (χ3n) is 6.21. The monoisotopic (exact) mass is 628 g/mol. The maximum atomic E-state index is 13.9.